The third kappa shape index (κ3) is 8.56. The Labute approximate surface area is 199 Å². The number of hydrogen-bond acceptors (Lipinski definition) is 0. The second-order valence-corrected chi connectivity index (χ2v) is 15.6. The molecule has 0 aliphatic heterocycles. The van der Waals surface area contributed by atoms with Crippen molar-refractivity contribution in [2.75, 3.05) is 0 Å². The van der Waals surface area contributed by atoms with E-state index in [0.29, 0.717) is 0 Å². The number of hydrogen-bond donors (Lipinski definition) is 0. The Morgan fingerprint density at radius 3 is 1.80 bits per heavy atom. The van der Waals surface area contributed by atoms with Crippen LogP contribution in [0, 0.1) is 19.9 Å². The van der Waals surface area contributed by atoms with Gasteiger partial charge < -0.3 is 0 Å². The second-order valence-electron chi connectivity index (χ2n) is 8.14. The summed E-state index contributed by atoms with van der Waals surface area (Å²) in [7, 11) is 0. The van der Waals surface area contributed by atoms with Gasteiger partial charge in [0.15, 0.2) is 0 Å². The van der Waals surface area contributed by atoms with Crippen molar-refractivity contribution in [3.8, 4) is 0 Å². The molecule has 0 bridgehead atoms. The van der Waals surface area contributed by atoms with Crippen molar-refractivity contribution in [1.82, 2.24) is 0 Å². The molecule has 1 aliphatic carbocycles. The van der Waals surface area contributed by atoms with E-state index in [1.54, 1.807) is 12.1 Å². The molecule has 0 atom stereocenters. The molecular weight excluding hydrogens is 456 g/mol. The number of allylic oxidation sites excluding steroid dienone is 4. The summed E-state index contributed by atoms with van der Waals surface area (Å²) in [4.78, 5) is 0. The number of benzene rings is 2. The predicted octanol–water partition coefficient (Wildman–Crippen LogP) is 8.76. The van der Waals surface area contributed by atoms with E-state index in [2.05, 4.69) is 82.3 Å². The van der Waals surface area contributed by atoms with Gasteiger partial charge >= 0.3 is 80.4 Å². The van der Waals surface area contributed by atoms with Crippen LogP contribution in [0.1, 0.15) is 57.1 Å². The maximum Gasteiger partial charge on any atom is -0.0469 e. The van der Waals surface area contributed by atoms with Gasteiger partial charge in [0.2, 0.25) is 0 Å². The van der Waals surface area contributed by atoms with Gasteiger partial charge in [-0.3, -0.25) is 6.08 Å². The van der Waals surface area contributed by atoms with Crippen molar-refractivity contribution in [3.63, 3.8) is 0 Å². The van der Waals surface area contributed by atoms with E-state index in [1.165, 1.54) is 58.4 Å². The van der Waals surface area contributed by atoms with Crippen molar-refractivity contribution in [2.45, 2.75) is 71.9 Å². The molecule has 4 rings (SSSR count). The maximum absolute atomic E-state index is 2.99. The molecule has 0 saturated carbocycles. The molecule has 30 heavy (non-hydrogen) atoms. The van der Waals surface area contributed by atoms with Crippen molar-refractivity contribution < 1.29 is 23.3 Å². The third-order valence-electron chi connectivity index (χ3n) is 5.27. The fraction of sp³-hybridized carbons (Fsp3) is 0.393. The minimum Gasteiger partial charge on any atom is -0.273 e. The summed E-state index contributed by atoms with van der Waals surface area (Å²) in [6, 6.07) is 18.8. The standard InChI is InChI=1S/C15H13.C8H18Si.C5H5.Zr/c1-10-3-5-14-12(7-10)9-13-8-11(2)4-6-15(13)14;1-3-5-7-9-8-6-4-2;1-2-4-5-3-1;/h3-9H,1-2H3;3-8H2,1-2H3;1-3H,4H2;/q-1;;-1;+2. The van der Waals surface area contributed by atoms with E-state index in [0.717, 1.165) is 6.42 Å². The predicted molar refractivity (Wildman–Crippen MR) is 133 cm³/mol. The second kappa shape index (κ2) is 14.0. The Bertz CT molecular complexity index is 914. The van der Waals surface area contributed by atoms with Crippen molar-refractivity contribution in [3.05, 3.63) is 77.9 Å². The maximum atomic E-state index is 2.99. The van der Waals surface area contributed by atoms with Crippen LogP contribution in [0.2, 0.25) is 12.1 Å². The summed E-state index contributed by atoms with van der Waals surface area (Å²) in [6.07, 6.45) is 15.8. The molecule has 0 saturated heterocycles. The van der Waals surface area contributed by atoms with Crippen LogP contribution < -0.4 is 0 Å². The Morgan fingerprint density at radius 1 is 0.900 bits per heavy atom. The van der Waals surface area contributed by atoms with Crippen molar-refractivity contribution in [1.29, 1.82) is 0 Å². The molecule has 3 aromatic rings. The molecule has 0 amide bonds. The molecule has 1 aliphatic rings. The summed E-state index contributed by atoms with van der Waals surface area (Å²) in [6.45, 7) is 8.88. The van der Waals surface area contributed by atoms with E-state index in [1.807, 2.05) is 35.5 Å². The first-order valence-corrected chi connectivity index (χ1v) is 17.0. The molecule has 0 fully saturated rings. The molecule has 0 unspecified atom stereocenters. The Morgan fingerprint density at radius 2 is 1.43 bits per heavy atom. The first-order valence-electron chi connectivity index (χ1n) is 11.4. The van der Waals surface area contributed by atoms with Crippen LogP contribution in [0.4, 0.5) is 0 Å². The molecule has 0 radical (unpaired) electrons. The van der Waals surface area contributed by atoms with Crippen molar-refractivity contribution in [2.24, 2.45) is 0 Å². The van der Waals surface area contributed by atoms with Crippen LogP contribution in [-0.4, -0.2) is 5.43 Å². The zero-order valence-corrected chi connectivity index (χ0v) is 22.7. The number of fused-ring (bicyclic) bond motifs is 3. The van der Waals surface area contributed by atoms with Crippen molar-refractivity contribution >= 4 is 27.0 Å². The molecule has 0 spiro atoms. The summed E-state index contributed by atoms with van der Waals surface area (Å²) < 4.78 is 0. The van der Waals surface area contributed by atoms with Crippen LogP contribution in [0.5, 0.6) is 0 Å². The monoisotopic (exact) mass is 490 g/mol. The minimum absolute atomic E-state index is 0.175. The number of aryl methyl sites for hydroxylation is 2. The topological polar surface area (TPSA) is 0 Å². The normalized spacial score (nSPS) is 11.9. The number of rotatable bonds is 6. The SMILES string of the molecule is CCCC[Si](=[Zr+2])CCCC.Cc1ccc2c(c1)[cH-]c1cc(C)ccc12.[C-]1=CC=CC1. The van der Waals surface area contributed by atoms with Gasteiger partial charge in [-0.1, -0.05) is 35.4 Å². The Balaban J connectivity index is 0.000000184. The summed E-state index contributed by atoms with van der Waals surface area (Å²) >= 11 is 1.86. The number of unbranched alkanes of at least 4 members (excludes halogenated alkanes) is 2. The molecule has 0 N–H and O–H groups in total. The molecule has 2 heteroatoms. The molecule has 0 nitrogen and oxygen atoms in total. The summed E-state index contributed by atoms with van der Waals surface area (Å²) in [5.41, 5.74) is 2.83. The van der Waals surface area contributed by atoms with Gasteiger partial charge in [-0.25, -0.2) is 12.2 Å². The zero-order valence-electron chi connectivity index (χ0n) is 19.2. The average molecular weight is 492 g/mol. The van der Waals surface area contributed by atoms with Crippen LogP contribution in [0.25, 0.3) is 21.5 Å². The smallest absolute Gasteiger partial charge is 0.0469 e. The Kier molecular flexibility index (Phi) is 11.8. The van der Waals surface area contributed by atoms with E-state index in [9.17, 15) is 0 Å². The first kappa shape index (κ1) is 25.2. The molecule has 0 heterocycles. The average Bonchev–Trinajstić information content (AvgIpc) is 3.41. The third-order valence-corrected chi connectivity index (χ3v) is 10.9. The van der Waals surface area contributed by atoms with Gasteiger partial charge in [0, 0.05) is 0 Å². The zero-order chi connectivity index (χ0) is 21.8. The van der Waals surface area contributed by atoms with E-state index < -0.39 is 0 Å². The quantitative estimate of drug-likeness (QED) is 0.239. The van der Waals surface area contributed by atoms with Gasteiger partial charge in [-0.15, -0.1) is 46.2 Å². The van der Waals surface area contributed by atoms with Gasteiger partial charge in [-0.2, -0.15) is 6.08 Å². The fourth-order valence-electron chi connectivity index (χ4n) is 3.51. The van der Waals surface area contributed by atoms with E-state index >= 15 is 0 Å². The summed E-state index contributed by atoms with van der Waals surface area (Å²) in [5, 5.41) is 5.46. The van der Waals surface area contributed by atoms with Gasteiger partial charge in [0.05, 0.1) is 0 Å². The minimum atomic E-state index is 0.175. The molecule has 156 valence electrons. The van der Waals surface area contributed by atoms with Gasteiger partial charge in [0.1, 0.15) is 0 Å². The van der Waals surface area contributed by atoms with E-state index in [4.69, 9.17) is 0 Å². The molecule has 3 aromatic carbocycles. The van der Waals surface area contributed by atoms with E-state index in [-0.39, 0.29) is 5.43 Å². The van der Waals surface area contributed by atoms with Crippen LogP contribution in [-0.2, 0) is 23.3 Å². The molecule has 0 aromatic heterocycles. The van der Waals surface area contributed by atoms with Gasteiger partial charge in [-0.05, 0) is 13.8 Å². The van der Waals surface area contributed by atoms with Crippen LogP contribution >= 0.6 is 0 Å². The largest absolute Gasteiger partial charge is 0.273 e. The first-order chi connectivity index (χ1) is 14.5. The van der Waals surface area contributed by atoms with Crippen LogP contribution in [0.3, 0.4) is 0 Å². The Hall–Kier alpha value is -1.11. The van der Waals surface area contributed by atoms with Crippen LogP contribution in [0.15, 0.2) is 60.7 Å². The van der Waals surface area contributed by atoms with Gasteiger partial charge in [0.25, 0.3) is 0 Å². The summed E-state index contributed by atoms with van der Waals surface area (Å²) in [5.74, 6) is 0. The molecular formula is C28H36SiZr. The fourth-order valence-corrected chi connectivity index (χ4v) is 7.92.